The summed E-state index contributed by atoms with van der Waals surface area (Å²) in [6.07, 6.45) is 5.15. The molecule has 0 aromatic rings. The molecule has 2 aliphatic carbocycles. The first-order valence-corrected chi connectivity index (χ1v) is 5.52. The van der Waals surface area contributed by atoms with Crippen LogP contribution in [0.3, 0.4) is 0 Å². The molecule has 2 bridgehead atoms. The maximum absolute atomic E-state index is 11.5. The second-order valence-corrected chi connectivity index (χ2v) is 4.55. The topological polar surface area (TPSA) is 34.1 Å². The van der Waals surface area contributed by atoms with Gasteiger partial charge in [-0.05, 0) is 49.7 Å². The van der Waals surface area contributed by atoms with Crippen molar-refractivity contribution in [2.24, 2.45) is 11.8 Å². The molecule has 0 aliphatic heterocycles. The van der Waals surface area contributed by atoms with Crippen LogP contribution in [-0.2, 0) is 9.59 Å². The van der Waals surface area contributed by atoms with Crippen molar-refractivity contribution in [3.05, 3.63) is 23.8 Å². The van der Waals surface area contributed by atoms with Crippen molar-refractivity contribution in [2.45, 2.75) is 32.6 Å². The van der Waals surface area contributed by atoms with E-state index < -0.39 is 0 Å². The van der Waals surface area contributed by atoms with Crippen LogP contribution < -0.4 is 0 Å². The lowest BCUT2D eigenvalue weighted by atomic mass is 9.87. The summed E-state index contributed by atoms with van der Waals surface area (Å²) >= 11 is 0. The van der Waals surface area contributed by atoms with Gasteiger partial charge in [0.05, 0.1) is 0 Å². The average Bonchev–Trinajstić information content (AvgIpc) is 2.77. The smallest absolute Gasteiger partial charge is 0.159 e. The zero-order valence-electron chi connectivity index (χ0n) is 9.08. The van der Waals surface area contributed by atoms with Crippen molar-refractivity contribution in [3.63, 3.8) is 0 Å². The maximum Gasteiger partial charge on any atom is 0.159 e. The summed E-state index contributed by atoms with van der Waals surface area (Å²) in [4.78, 5) is 22.9. The van der Waals surface area contributed by atoms with E-state index in [0.717, 1.165) is 30.4 Å². The first-order chi connectivity index (χ1) is 7.13. The second kappa shape index (κ2) is 3.76. The molecule has 0 spiro atoms. The monoisotopic (exact) mass is 204 g/mol. The Morgan fingerprint density at radius 3 is 2.67 bits per heavy atom. The van der Waals surface area contributed by atoms with Gasteiger partial charge in [-0.3, -0.25) is 9.59 Å². The Bertz CT molecular complexity index is 363. The van der Waals surface area contributed by atoms with Gasteiger partial charge in [-0.2, -0.15) is 0 Å². The van der Waals surface area contributed by atoms with Crippen molar-refractivity contribution < 1.29 is 9.59 Å². The van der Waals surface area contributed by atoms with Crippen LogP contribution in [0, 0.1) is 11.8 Å². The molecule has 15 heavy (non-hydrogen) atoms. The Kier molecular flexibility index (Phi) is 2.59. The van der Waals surface area contributed by atoms with E-state index in [4.69, 9.17) is 0 Å². The first kappa shape index (κ1) is 10.3. The highest BCUT2D eigenvalue weighted by atomic mass is 16.1. The van der Waals surface area contributed by atoms with Crippen molar-refractivity contribution in [3.8, 4) is 0 Å². The molecular formula is C13H16O2. The highest BCUT2D eigenvalue weighted by Gasteiger charge is 2.40. The van der Waals surface area contributed by atoms with Gasteiger partial charge in [0.15, 0.2) is 11.6 Å². The van der Waals surface area contributed by atoms with Crippen molar-refractivity contribution >= 4 is 11.6 Å². The van der Waals surface area contributed by atoms with E-state index in [1.54, 1.807) is 6.92 Å². The number of ketones is 2. The minimum Gasteiger partial charge on any atom is -0.295 e. The fourth-order valence-corrected chi connectivity index (χ4v) is 3.06. The number of fused-ring (bicyclic) bond motifs is 2. The van der Waals surface area contributed by atoms with E-state index in [0.29, 0.717) is 18.3 Å². The molecular weight excluding hydrogens is 188 g/mol. The number of Topliss-reactive ketones (excluding diaryl/α,β-unsaturated/α-hetero) is 1. The number of carbonyl (C=O) groups excluding carboxylic acids is 2. The van der Waals surface area contributed by atoms with Gasteiger partial charge in [0.25, 0.3) is 0 Å². The Labute approximate surface area is 90.1 Å². The van der Waals surface area contributed by atoms with Gasteiger partial charge in [0.2, 0.25) is 0 Å². The highest BCUT2D eigenvalue weighted by molar-refractivity contribution is 5.98. The summed E-state index contributed by atoms with van der Waals surface area (Å²) in [7, 11) is 0. The fraction of sp³-hybridized carbons (Fsp3) is 0.538. The van der Waals surface area contributed by atoms with Gasteiger partial charge >= 0.3 is 0 Å². The summed E-state index contributed by atoms with van der Waals surface area (Å²) in [6, 6.07) is 0. The predicted molar refractivity (Wildman–Crippen MR) is 58.4 cm³/mol. The average molecular weight is 204 g/mol. The van der Waals surface area contributed by atoms with Crippen LogP contribution >= 0.6 is 0 Å². The number of carbonyl (C=O) groups is 2. The third-order valence-corrected chi connectivity index (χ3v) is 3.65. The molecule has 2 nitrogen and oxygen atoms in total. The molecule has 0 amide bonds. The van der Waals surface area contributed by atoms with Crippen LogP contribution in [0.15, 0.2) is 23.8 Å². The molecule has 0 heterocycles. The largest absolute Gasteiger partial charge is 0.295 e. The Balaban J connectivity index is 2.28. The summed E-state index contributed by atoms with van der Waals surface area (Å²) in [5, 5.41) is 0. The fourth-order valence-electron chi connectivity index (χ4n) is 3.06. The van der Waals surface area contributed by atoms with Crippen LogP contribution in [0.2, 0.25) is 0 Å². The summed E-state index contributed by atoms with van der Waals surface area (Å²) in [5.41, 5.74) is 2.07. The summed E-state index contributed by atoms with van der Waals surface area (Å²) in [5.74, 6) is 1.14. The van der Waals surface area contributed by atoms with E-state index in [9.17, 15) is 9.59 Å². The van der Waals surface area contributed by atoms with Gasteiger partial charge in [0, 0.05) is 6.42 Å². The maximum atomic E-state index is 11.5. The Morgan fingerprint density at radius 2 is 2.07 bits per heavy atom. The minimum absolute atomic E-state index is 0.0382. The number of allylic oxidation sites excluding steroid dienone is 3. The molecule has 0 radical (unpaired) electrons. The lowest BCUT2D eigenvalue weighted by molar-refractivity contribution is -0.114. The lowest BCUT2D eigenvalue weighted by Crippen LogP contribution is -2.12. The molecule has 2 atom stereocenters. The lowest BCUT2D eigenvalue weighted by Gasteiger charge is -2.17. The van der Waals surface area contributed by atoms with Crippen molar-refractivity contribution in [1.82, 2.24) is 0 Å². The Morgan fingerprint density at radius 1 is 1.40 bits per heavy atom. The third kappa shape index (κ3) is 1.69. The van der Waals surface area contributed by atoms with Gasteiger partial charge in [0.1, 0.15) is 0 Å². The van der Waals surface area contributed by atoms with Crippen LogP contribution in [0.4, 0.5) is 0 Å². The van der Waals surface area contributed by atoms with Crippen molar-refractivity contribution in [1.29, 1.82) is 0 Å². The molecule has 1 saturated carbocycles. The zero-order valence-corrected chi connectivity index (χ0v) is 9.08. The van der Waals surface area contributed by atoms with Gasteiger partial charge in [-0.1, -0.05) is 12.2 Å². The third-order valence-electron chi connectivity index (χ3n) is 3.65. The number of hydrogen-bond acceptors (Lipinski definition) is 2. The molecule has 0 saturated heterocycles. The minimum atomic E-state index is 0.0382. The van der Waals surface area contributed by atoms with Gasteiger partial charge in [-0.25, -0.2) is 0 Å². The number of hydrogen-bond donors (Lipinski definition) is 0. The Hall–Kier alpha value is -1.18. The molecule has 0 aromatic carbocycles. The highest BCUT2D eigenvalue weighted by Crippen LogP contribution is 2.49. The SMILES string of the molecule is C=CC(=O)CC1=C(C(C)=O)C2CCC1C2. The molecule has 80 valence electrons. The molecule has 1 fully saturated rings. The normalized spacial score (nSPS) is 28.3. The van der Waals surface area contributed by atoms with Gasteiger partial charge in [-0.15, -0.1) is 0 Å². The number of rotatable bonds is 4. The molecule has 2 unspecified atom stereocenters. The van der Waals surface area contributed by atoms with E-state index in [-0.39, 0.29) is 11.6 Å². The van der Waals surface area contributed by atoms with Crippen LogP contribution in [0.5, 0.6) is 0 Å². The first-order valence-electron chi connectivity index (χ1n) is 5.52. The zero-order chi connectivity index (χ0) is 11.0. The molecule has 0 aromatic heterocycles. The quantitative estimate of drug-likeness (QED) is 0.659. The molecule has 2 aliphatic rings. The molecule has 2 rings (SSSR count). The van der Waals surface area contributed by atoms with Crippen LogP contribution in [-0.4, -0.2) is 11.6 Å². The van der Waals surface area contributed by atoms with Gasteiger partial charge < -0.3 is 0 Å². The second-order valence-electron chi connectivity index (χ2n) is 4.55. The summed E-state index contributed by atoms with van der Waals surface area (Å²) < 4.78 is 0. The standard InChI is InChI=1S/C13H16O2/c1-3-11(15)7-12-9-4-5-10(6-9)13(12)8(2)14/h3,9-10H,1,4-7H2,2H3. The van der Waals surface area contributed by atoms with E-state index in [2.05, 4.69) is 6.58 Å². The van der Waals surface area contributed by atoms with E-state index >= 15 is 0 Å². The predicted octanol–water partition coefficient (Wildman–Crippen LogP) is 2.45. The summed E-state index contributed by atoms with van der Waals surface area (Å²) in [6.45, 7) is 5.10. The molecule has 0 N–H and O–H groups in total. The molecule has 2 heteroatoms. The van der Waals surface area contributed by atoms with E-state index in [1.807, 2.05) is 0 Å². The van der Waals surface area contributed by atoms with E-state index in [1.165, 1.54) is 6.08 Å². The van der Waals surface area contributed by atoms with Crippen LogP contribution in [0.1, 0.15) is 32.6 Å². The van der Waals surface area contributed by atoms with Crippen molar-refractivity contribution in [2.75, 3.05) is 0 Å². The van der Waals surface area contributed by atoms with Crippen LogP contribution in [0.25, 0.3) is 0 Å².